The normalized spacial score (nSPS) is 21.7. The molecule has 3 aromatic carbocycles. The fourth-order valence-electron chi connectivity index (χ4n) is 7.51. The van der Waals surface area contributed by atoms with Gasteiger partial charge in [0.15, 0.2) is 17.3 Å². The van der Waals surface area contributed by atoms with E-state index >= 15 is 0 Å². The lowest BCUT2D eigenvalue weighted by Gasteiger charge is -2.40. The highest BCUT2D eigenvalue weighted by Gasteiger charge is 2.42. The Hall–Kier alpha value is -4.79. The van der Waals surface area contributed by atoms with Crippen LogP contribution in [-0.2, 0) is 19.8 Å². The fraction of sp³-hybridized carbons (Fsp3) is 0.425. The van der Waals surface area contributed by atoms with E-state index in [1.54, 1.807) is 11.0 Å². The molecular formula is C40H46N4O5. The molecule has 9 heteroatoms. The summed E-state index contributed by atoms with van der Waals surface area (Å²) >= 11 is 0. The summed E-state index contributed by atoms with van der Waals surface area (Å²) in [7, 11) is 0. The number of carbonyl (C=O) groups excluding carboxylic acids is 3. The Morgan fingerprint density at radius 1 is 0.857 bits per heavy atom. The highest BCUT2D eigenvalue weighted by Crippen LogP contribution is 2.48. The van der Waals surface area contributed by atoms with Gasteiger partial charge in [0.05, 0.1) is 24.0 Å². The number of hydrogen-bond donors (Lipinski definition) is 1. The predicted molar refractivity (Wildman–Crippen MR) is 190 cm³/mol. The first kappa shape index (κ1) is 32.7. The van der Waals surface area contributed by atoms with Gasteiger partial charge in [-0.2, -0.15) is 0 Å². The number of amides is 2. The van der Waals surface area contributed by atoms with Crippen LogP contribution in [0.25, 0.3) is 0 Å². The minimum atomic E-state index is -0.718. The zero-order valence-electron chi connectivity index (χ0n) is 29.1. The van der Waals surface area contributed by atoms with Crippen molar-refractivity contribution in [1.82, 2.24) is 9.80 Å². The molecule has 9 nitrogen and oxygen atoms in total. The van der Waals surface area contributed by atoms with Crippen LogP contribution in [-0.4, -0.2) is 72.8 Å². The number of para-hydroxylation sites is 4. The number of nitrogens with zero attached hydrogens (tertiary/aromatic N) is 3. The lowest BCUT2D eigenvalue weighted by atomic mass is 9.73. The molecule has 0 bridgehead atoms. The van der Waals surface area contributed by atoms with Gasteiger partial charge in [0.25, 0.3) is 5.91 Å². The summed E-state index contributed by atoms with van der Waals surface area (Å²) in [4.78, 5) is 47.4. The Labute approximate surface area is 288 Å². The highest BCUT2D eigenvalue weighted by atomic mass is 16.6. The molecule has 3 aliphatic heterocycles. The largest absolute Gasteiger partial charge is 0.485 e. The quantitative estimate of drug-likeness (QED) is 0.361. The van der Waals surface area contributed by atoms with Crippen molar-refractivity contribution in [3.8, 4) is 11.5 Å². The average molecular weight is 663 g/mol. The van der Waals surface area contributed by atoms with Gasteiger partial charge in [-0.1, -0.05) is 83.1 Å². The number of anilines is 2. The molecule has 0 saturated carbocycles. The zero-order valence-corrected chi connectivity index (χ0v) is 29.1. The summed E-state index contributed by atoms with van der Waals surface area (Å²) in [5, 5.41) is 3.65. The van der Waals surface area contributed by atoms with E-state index in [1.807, 2.05) is 47.4 Å². The third-order valence-corrected chi connectivity index (χ3v) is 10.1. The lowest BCUT2D eigenvalue weighted by molar-refractivity contribution is -0.145. The second kappa shape index (κ2) is 12.6. The molecule has 7 rings (SSSR count). The molecular weight excluding hydrogens is 616 g/mol. The van der Waals surface area contributed by atoms with Crippen molar-refractivity contribution in [3.63, 3.8) is 0 Å². The van der Waals surface area contributed by atoms with Crippen LogP contribution in [0, 0.1) is 5.41 Å². The molecule has 2 unspecified atom stereocenters. The molecule has 4 aliphatic rings. The number of ether oxygens (including phenoxy) is 2. The van der Waals surface area contributed by atoms with Crippen molar-refractivity contribution in [2.24, 2.45) is 5.41 Å². The van der Waals surface area contributed by atoms with Crippen LogP contribution in [0.2, 0.25) is 0 Å². The number of fused-ring (bicyclic) bond motifs is 2. The van der Waals surface area contributed by atoms with Gasteiger partial charge >= 0.3 is 0 Å². The van der Waals surface area contributed by atoms with Crippen LogP contribution in [0.5, 0.6) is 11.5 Å². The van der Waals surface area contributed by atoms with E-state index in [0.29, 0.717) is 44.1 Å². The number of carbonyl (C=O) groups is 3. The summed E-state index contributed by atoms with van der Waals surface area (Å²) in [6.45, 7) is 12.7. The lowest BCUT2D eigenvalue weighted by Crippen LogP contribution is -2.56. The van der Waals surface area contributed by atoms with Crippen molar-refractivity contribution < 1.29 is 23.9 Å². The standard InChI is InChI=1S/C40H46N4O5/c1-39(2,3)27-16-14-26(15-17-27)37-36-29(22-40(4,5)23-31(36)45)41-28-10-6-7-11-30(28)44(37)24-35(46)42-18-20-43(21-19-42)38(47)34-25-48-32-12-8-9-13-33(32)49-34/h6-17,34,37,41H,18-25H2,1-5H3. The first-order valence-electron chi connectivity index (χ1n) is 17.3. The van der Waals surface area contributed by atoms with E-state index in [0.717, 1.165) is 34.6 Å². The number of Topliss-reactive ketones (excluding diaryl/α,β-unsaturated/α-hetero) is 1. The number of rotatable bonds is 4. The van der Waals surface area contributed by atoms with Gasteiger partial charge in [-0.3, -0.25) is 14.4 Å². The molecule has 1 saturated heterocycles. The van der Waals surface area contributed by atoms with Crippen LogP contribution < -0.4 is 19.7 Å². The first-order valence-corrected chi connectivity index (χ1v) is 17.3. The molecule has 3 aromatic rings. The minimum Gasteiger partial charge on any atom is -0.485 e. The maximum atomic E-state index is 14.2. The number of piperazine rings is 1. The SMILES string of the molecule is CC1(C)CC(=O)C2=C(C1)Nc1ccccc1N(CC(=O)N1CCN(C(=O)C3COc4ccccc4O3)CC1)C2c1ccc(C(C)(C)C)cc1. The topological polar surface area (TPSA) is 91.4 Å². The van der Waals surface area contributed by atoms with E-state index in [2.05, 4.69) is 69.1 Å². The maximum Gasteiger partial charge on any atom is 0.267 e. The van der Waals surface area contributed by atoms with E-state index in [1.165, 1.54) is 5.56 Å². The molecule has 1 fully saturated rings. The summed E-state index contributed by atoms with van der Waals surface area (Å²) in [5.41, 5.74) is 5.41. The van der Waals surface area contributed by atoms with Crippen molar-refractivity contribution in [2.45, 2.75) is 65.0 Å². The van der Waals surface area contributed by atoms with Gasteiger partial charge in [-0.25, -0.2) is 0 Å². The van der Waals surface area contributed by atoms with Crippen LogP contribution in [0.4, 0.5) is 11.4 Å². The Kier molecular flexibility index (Phi) is 8.41. The van der Waals surface area contributed by atoms with E-state index in [4.69, 9.17) is 9.47 Å². The molecule has 0 radical (unpaired) electrons. The second-order valence-corrected chi connectivity index (χ2v) is 15.4. The summed E-state index contributed by atoms with van der Waals surface area (Å²) in [6.07, 6.45) is 0.460. The Morgan fingerprint density at radius 3 is 2.22 bits per heavy atom. The number of hydrogen-bond acceptors (Lipinski definition) is 7. The Morgan fingerprint density at radius 2 is 1.51 bits per heavy atom. The Balaban J connectivity index is 1.15. The van der Waals surface area contributed by atoms with Crippen molar-refractivity contribution >= 4 is 29.0 Å². The molecule has 49 heavy (non-hydrogen) atoms. The average Bonchev–Trinajstić information content (AvgIpc) is 3.21. The summed E-state index contributed by atoms with van der Waals surface area (Å²) in [5.74, 6) is 1.13. The predicted octanol–water partition coefficient (Wildman–Crippen LogP) is 6.11. The van der Waals surface area contributed by atoms with Crippen molar-refractivity contribution in [2.75, 3.05) is 49.5 Å². The molecule has 1 aliphatic carbocycles. The van der Waals surface area contributed by atoms with Gasteiger partial charge in [0.1, 0.15) is 6.61 Å². The van der Waals surface area contributed by atoms with E-state index < -0.39 is 12.1 Å². The second-order valence-electron chi connectivity index (χ2n) is 15.4. The maximum absolute atomic E-state index is 14.2. The van der Waals surface area contributed by atoms with Gasteiger partial charge < -0.3 is 29.5 Å². The summed E-state index contributed by atoms with van der Waals surface area (Å²) < 4.78 is 11.8. The fourth-order valence-corrected chi connectivity index (χ4v) is 7.51. The van der Waals surface area contributed by atoms with E-state index in [-0.39, 0.29) is 41.6 Å². The molecule has 0 spiro atoms. The number of benzene rings is 3. The Bertz CT molecular complexity index is 1800. The van der Waals surface area contributed by atoms with Gasteiger partial charge in [-0.05, 0) is 52.6 Å². The van der Waals surface area contributed by atoms with Crippen LogP contribution >= 0.6 is 0 Å². The number of allylic oxidation sites excluding steroid dienone is 1. The third-order valence-electron chi connectivity index (χ3n) is 10.1. The molecule has 2 atom stereocenters. The van der Waals surface area contributed by atoms with Gasteiger partial charge in [0, 0.05) is 43.9 Å². The molecule has 3 heterocycles. The van der Waals surface area contributed by atoms with E-state index in [9.17, 15) is 14.4 Å². The van der Waals surface area contributed by atoms with Crippen LogP contribution in [0.15, 0.2) is 84.1 Å². The van der Waals surface area contributed by atoms with Gasteiger partial charge in [-0.15, -0.1) is 0 Å². The van der Waals surface area contributed by atoms with Crippen LogP contribution in [0.1, 0.15) is 64.6 Å². The summed E-state index contributed by atoms with van der Waals surface area (Å²) in [6, 6.07) is 23.5. The van der Waals surface area contributed by atoms with Crippen LogP contribution in [0.3, 0.4) is 0 Å². The zero-order chi connectivity index (χ0) is 34.5. The smallest absolute Gasteiger partial charge is 0.267 e. The van der Waals surface area contributed by atoms with Gasteiger partial charge in [0.2, 0.25) is 12.0 Å². The first-order chi connectivity index (χ1) is 23.4. The number of ketones is 1. The van der Waals surface area contributed by atoms with Crippen molar-refractivity contribution in [1.29, 1.82) is 0 Å². The number of nitrogens with one attached hydrogen (secondary N) is 1. The molecule has 1 N–H and O–H groups in total. The molecule has 2 amide bonds. The highest BCUT2D eigenvalue weighted by molar-refractivity contribution is 6.02. The molecule has 0 aromatic heterocycles. The minimum absolute atomic E-state index is 0.0228. The third kappa shape index (κ3) is 6.51. The van der Waals surface area contributed by atoms with Crippen molar-refractivity contribution in [3.05, 3.63) is 95.2 Å². The monoisotopic (exact) mass is 662 g/mol. The molecule has 256 valence electrons.